The Morgan fingerprint density at radius 3 is 2.64 bits per heavy atom. The van der Waals surface area contributed by atoms with Gasteiger partial charge in [0.25, 0.3) is 5.69 Å². The molecule has 2 heterocycles. The van der Waals surface area contributed by atoms with Gasteiger partial charge in [0.05, 0.1) is 35.9 Å². The summed E-state index contributed by atoms with van der Waals surface area (Å²) in [4.78, 5) is 44.4. The van der Waals surface area contributed by atoms with E-state index in [1.54, 1.807) is 48.7 Å². The van der Waals surface area contributed by atoms with Gasteiger partial charge < -0.3 is 19.5 Å². The number of nitrogens with one attached hydrogen (secondary N) is 1. The number of rotatable bonds is 9. The van der Waals surface area contributed by atoms with Gasteiger partial charge in [0.15, 0.2) is 17.3 Å². The van der Waals surface area contributed by atoms with Crippen molar-refractivity contribution in [1.29, 1.82) is 0 Å². The number of carbonyl (C=O) groups is 2. The van der Waals surface area contributed by atoms with Crippen molar-refractivity contribution < 1.29 is 28.7 Å². The van der Waals surface area contributed by atoms with Crippen molar-refractivity contribution in [2.45, 2.75) is 26.7 Å². The summed E-state index contributed by atoms with van der Waals surface area (Å²) < 4.78 is 17.2. The molecule has 5 rings (SSSR count). The number of nitro groups is 1. The van der Waals surface area contributed by atoms with Gasteiger partial charge in [-0.1, -0.05) is 25.5 Å². The average molecular weight is 571 g/mol. The van der Waals surface area contributed by atoms with E-state index < -0.39 is 17.0 Å². The molecule has 0 radical (unpaired) electrons. The van der Waals surface area contributed by atoms with Crippen molar-refractivity contribution in [3.8, 4) is 22.9 Å². The molecule has 0 aliphatic rings. The molecular formula is C29H26N6O7. The molecule has 13 nitrogen and oxygen atoms in total. The number of nitrogens with zero attached hydrogens (tertiary/aromatic N) is 5. The van der Waals surface area contributed by atoms with Crippen LogP contribution in [0.1, 0.15) is 26.7 Å². The number of carbonyl (C=O) groups excluding carboxylic acids is 2. The first-order valence-corrected chi connectivity index (χ1v) is 13.0. The second-order valence-corrected chi connectivity index (χ2v) is 9.24. The summed E-state index contributed by atoms with van der Waals surface area (Å²) in [5, 5.41) is 20.0. The lowest BCUT2D eigenvalue weighted by Crippen LogP contribution is -2.15. The number of aromatic nitrogens is 4. The number of benzene rings is 3. The van der Waals surface area contributed by atoms with Crippen LogP contribution in [-0.2, 0) is 9.53 Å². The molecule has 0 saturated carbocycles. The third-order valence-electron chi connectivity index (χ3n) is 6.28. The van der Waals surface area contributed by atoms with E-state index in [4.69, 9.17) is 14.2 Å². The largest absolute Gasteiger partial charge is 0.493 e. The number of hydrogen-bond acceptors (Lipinski definition) is 11. The molecule has 0 bridgehead atoms. The van der Waals surface area contributed by atoms with Gasteiger partial charge in [0.2, 0.25) is 0 Å². The summed E-state index contributed by atoms with van der Waals surface area (Å²) in [7, 11) is 1.44. The maximum absolute atomic E-state index is 12.5. The van der Waals surface area contributed by atoms with Crippen LogP contribution >= 0.6 is 0 Å². The van der Waals surface area contributed by atoms with Crippen LogP contribution in [-0.4, -0.2) is 50.5 Å². The minimum atomic E-state index is -0.561. The number of nitro benzene ring substituents is 1. The Kier molecular flexibility index (Phi) is 7.91. The zero-order valence-corrected chi connectivity index (χ0v) is 23.0. The number of methoxy groups -OCH3 is 1. The average Bonchev–Trinajstić information content (AvgIpc) is 3.40. The molecule has 5 aromatic rings. The van der Waals surface area contributed by atoms with Gasteiger partial charge in [-0.05, 0) is 30.7 Å². The van der Waals surface area contributed by atoms with Gasteiger partial charge >= 0.3 is 12.1 Å². The predicted molar refractivity (Wildman–Crippen MR) is 154 cm³/mol. The van der Waals surface area contributed by atoms with E-state index >= 15 is 0 Å². The minimum absolute atomic E-state index is 0.107. The van der Waals surface area contributed by atoms with Crippen LogP contribution in [0.3, 0.4) is 0 Å². The van der Waals surface area contributed by atoms with Crippen molar-refractivity contribution >= 4 is 51.1 Å². The summed E-state index contributed by atoms with van der Waals surface area (Å²) >= 11 is 0. The summed E-state index contributed by atoms with van der Waals surface area (Å²) in [6.45, 7) is 3.59. The fraction of sp³-hybridized carbons (Fsp3) is 0.207. The lowest BCUT2D eigenvalue weighted by Gasteiger charge is -2.14. The molecule has 0 aliphatic heterocycles. The first-order chi connectivity index (χ1) is 20.3. The highest BCUT2D eigenvalue weighted by Crippen LogP contribution is 2.37. The molecule has 13 heteroatoms. The van der Waals surface area contributed by atoms with Crippen LogP contribution in [0.15, 0.2) is 60.8 Å². The van der Waals surface area contributed by atoms with Gasteiger partial charge in [0.1, 0.15) is 5.82 Å². The Labute approximate surface area is 239 Å². The van der Waals surface area contributed by atoms with Gasteiger partial charge in [-0.15, -0.1) is 0 Å². The summed E-state index contributed by atoms with van der Waals surface area (Å²) in [5.74, 6) is 0.465. The zero-order valence-electron chi connectivity index (χ0n) is 23.0. The Hall–Kier alpha value is -5.59. The van der Waals surface area contributed by atoms with Crippen molar-refractivity contribution in [1.82, 2.24) is 19.7 Å². The number of non-ortho nitro benzene ring substituents is 1. The smallest absolute Gasteiger partial charge is 0.435 e. The highest BCUT2D eigenvalue weighted by atomic mass is 16.6. The van der Waals surface area contributed by atoms with Crippen molar-refractivity contribution in [2.24, 2.45) is 0 Å². The topological polar surface area (TPSA) is 161 Å². The first kappa shape index (κ1) is 28.0. The van der Waals surface area contributed by atoms with Crippen LogP contribution < -0.4 is 14.8 Å². The standard InChI is InChI=1S/C29H26N6O7/c1-4-5-11-41-29(37)34-24-10-9-20(12-19(24)16-30-34)31-28-22-14-26(42-17(2)36)25(40-3)15-23(22)32-27(33-28)18-7-6-8-21(13-18)35(38)39/h6-10,12-16H,4-5,11H2,1-3H3,(H,31,32,33). The van der Waals surface area contributed by atoms with E-state index in [0.29, 0.717) is 45.5 Å². The molecule has 0 spiro atoms. The predicted octanol–water partition coefficient (Wildman–Crippen LogP) is 6.02. The molecule has 0 fully saturated rings. The molecule has 0 unspecified atom stereocenters. The van der Waals surface area contributed by atoms with Gasteiger partial charge in [0, 0.05) is 47.1 Å². The Bertz CT molecular complexity index is 1830. The number of hydrogen-bond donors (Lipinski definition) is 1. The molecule has 0 aliphatic carbocycles. The van der Waals surface area contributed by atoms with Crippen LogP contribution in [0.25, 0.3) is 33.2 Å². The molecule has 3 aromatic carbocycles. The van der Waals surface area contributed by atoms with E-state index in [1.165, 1.54) is 30.8 Å². The molecular weight excluding hydrogens is 544 g/mol. The second-order valence-electron chi connectivity index (χ2n) is 9.24. The third-order valence-corrected chi connectivity index (χ3v) is 6.28. The number of unbranched alkanes of at least 4 members (excludes halogenated alkanes) is 1. The summed E-state index contributed by atoms with van der Waals surface area (Å²) in [6, 6.07) is 14.4. The van der Waals surface area contributed by atoms with Crippen LogP contribution in [0, 0.1) is 10.1 Å². The molecule has 42 heavy (non-hydrogen) atoms. The lowest BCUT2D eigenvalue weighted by atomic mass is 10.1. The molecule has 214 valence electrons. The van der Waals surface area contributed by atoms with Gasteiger partial charge in [-0.25, -0.2) is 14.8 Å². The van der Waals surface area contributed by atoms with Crippen LogP contribution in [0.2, 0.25) is 0 Å². The third kappa shape index (κ3) is 5.80. The molecule has 2 aromatic heterocycles. The van der Waals surface area contributed by atoms with Crippen molar-refractivity contribution in [3.63, 3.8) is 0 Å². The molecule has 0 saturated heterocycles. The second kappa shape index (κ2) is 11.9. The maximum Gasteiger partial charge on any atom is 0.435 e. The van der Waals surface area contributed by atoms with Gasteiger partial charge in [-0.3, -0.25) is 14.9 Å². The molecule has 0 atom stereocenters. The fourth-order valence-corrected chi connectivity index (χ4v) is 4.27. The van der Waals surface area contributed by atoms with Crippen LogP contribution in [0.4, 0.5) is 22.0 Å². The highest BCUT2D eigenvalue weighted by molar-refractivity contribution is 5.96. The first-order valence-electron chi connectivity index (χ1n) is 13.0. The van der Waals surface area contributed by atoms with E-state index in [1.807, 2.05) is 6.92 Å². The Morgan fingerprint density at radius 2 is 1.90 bits per heavy atom. The minimum Gasteiger partial charge on any atom is -0.493 e. The fourth-order valence-electron chi connectivity index (χ4n) is 4.27. The monoisotopic (exact) mass is 570 g/mol. The maximum atomic E-state index is 12.5. The SMILES string of the molecule is CCCCOC(=O)n1ncc2cc(Nc3nc(-c4cccc([N+](=O)[O-])c4)nc4cc(OC)c(OC(C)=O)cc34)ccc21. The van der Waals surface area contributed by atoms with E-state index in [9.17, 15) is 19.7 Å². The molecule has 1 N–H and O–H groups in total. The van der Waals surface area contributed by atoms with Gasteiger partial charge in [-0.2, -0.15) is 9.78 Å². The molecule has 0 amide bonds. The van der Waals surface area contributed by atoms with Crippen molar-refractivity contribution in [3.05, 3.63) is 70.9 Å². The number of anilines is 2. The zero-order chi connectivity index (χ0) is 29.8. The summed E-state index contributed by atoms with van der Waals surface area (Å²) in [5.41, 5.74) is 1.93. The van der Waals surface area contributed by atoms with E-state index in [-0.39, 0.29) is 23.0 Å². The van der Waals surface area contributed by atoms with E-state index in [2.05, 4.69) is 20.4 Å². The Morgan fingerprint density at radius 1 is 1.07 bits per heavy atom. The van der Waals surface area contributed by atoms with E-state index in [0.717, 1.165) is 12.8 Å². The summed E-state index contributed by atoms with van der Waals surface area (Å²) in [6.07, 6.45) is 2.65. The number of fused-ring (bicyclic) bond motifs is 2. The number of ether oxygens (including phenoxy) is 3. The van der Waals surface area contributed by atoms with Crippen LogP contribution in [0.5, 0.6) is 11.5 Å². The highest BCUT2D eigenvalue weighted by Gasteiger charge is 2.18. The Balaban J connectivity index is 1.59. The number of esters is 1. The van der Waals surface area contributed by atoms with Crippen molar-refractivity contribution in [2.75, 3.05) is 19.0 Å². The lowest BCUT2D eigenvalue weighted by molar-refractivity contribution is -0.384. The normalized spacial score (nSPS) is 10.9. The quantitative estimate of drug-likeness (QED) is 0.0725.